The standard InChI is InChI=1S/C28H32Cl2N4O2/c1-17(35)23-15-32-26-7-4-19(20-13-24(29)28(36)25(30)14-20)12-22(26)27(23)33-21-5-2-18(3-6-21)16-34-10-8-31-9-11-34/h4,7,12-15,18,21,31,36H,2-3,5-6,8-11,16H2,1H3,(H,32,33)/t18-,21-. The van der Waals surface area contributed by atoms with Crippen molar-refractivity contribution in [1.82, 2.24) is 15.2 Å². The van der Waals surface area contributed by atoms with Gasteiger partial charge in [0.25, 0.3) is 0 Å². The fourth-order valence-electron chi connectivity index (χ4n) is 5.48. The Balaban J connectivity index is 1.40. The van der Waals surface area contributed by atoms with Crippen LogP contribution in [0, 0.1) is 5.92 Å². The first-order valence-corrected chi connectivity index (χ1v) is 13.5. The minimum Gasteiger partial charge on any atom is -0.505 e. The second-order valence-corrected chi connectivity index (χ2v) is 10.9. The van der Waals surface area contributed by atoms with Crippen LogP contribution in [0.1, 0.15) is 43.0 Å². The molecule has 2 fully saturated rings. The van der Waals surface area contributed by atoms with Gasteiger partial charge in [0.15, 0.2) is 11.5 Å². The van der Waals surface area contributed by atoms with Gasteiger partial charge in [0.1, 0.15) is 0 Å². The largest absolute Gasteiger partial charge is 0.505 e. The fourth-order valence-corrected chi connectivity index (χ4v) is 5.97. The van der Waals surface area contributed by atoms with Gasteiger partial charge in [0, 0.05) is 50.3 Å². The highest BCUT2D eigenvalue weighted by molar-refractivity contribution is 6.37. The Bertz CT molecular complexity index is 1240. The Morgan fingerprint density at radius 2 is 1.78 bits per heavy atom. The number of pyridine rings is 1. The highest BCUT2D eigenvalue weighted by atomic mass is 35.5. The number of ketones is 1. The second kappa shape index (κ2) is 10.9. The van der Waals surface area contributed by atoms with E-state index in [1.165, 1.54) is 19.4 Å². The monoisotopic (exact) mass is 526 g/mol. The number of rotatable bonds is 6. The molecule has 5 rings (SSSR count). The zero-order valence-corrected chi connectivity index (χ0v) is 22.0. The number of aromatic hydroxyl groups is 1. The van der Waals surface area contributed by atoms with E-state index in [-0.39, 0.29) is 21.6 Å². The second-order valence-electron chi connectivity index (χ2n) is 10.0. The molecule has 190 valence electrons. The van der Waals surface area contributed by atoms with Gasteiger partial charge in [-0.2, -0.15) is 0 Å². The number of halogens is 2. The molecule has 2 aliphatic rings. The third kappa shape index (κ3) is 5.47. The van der Waals surface area contributed by atoms with Crippen molar-refractivity contribution in [3.8, 4) is 16.9 Å². The van der Waals surface area contributed by atoms with E-state index in [1.54, 1.807) is 25.3 Å². The lowest BCUT2D eigenvalue weighted by atomic mass is 9.85. The summed E-state index contributed by atoms with van der Waals surface area (Å²) in [6.45, 7) is 7.23. The summed E-state index contributed by atoms with van der Waals surface area (Å²) in [6.07, 6.45) is 6.23. The Morgan fingerprint density at radius 1 is 1.08 bits per heavy atom. The van der Waals surface area contributed by atoms with Gasteiger partial charge in [-0.25, -0.2) is 0 Å². The number of aromatic nitrogens is 1. The van der Waals surface area contributed by atoms with E-state index in [4.69, 9.17) is 23.2 Å². The fraction of sp³-hybridized carbons (Fsp3) is 0.429. The van der Waals surface area contributed by atoms with Crippen LogP contribution in [0.15, 0.2) is 36.5 Å². The molecule has 1 aliphatic carbocycles. The van der Waals surface area contributed by atoms with E-state index in [0.717, 1.165) is 72.7 Å². The minimum atomic E-state index is -0.127. The summed E-state index contributed by atoms with van der Waals surface area (Å²) >= 11 is 12.4. The van der Waals surface area contributed by atoms with Gasteiger partial charge in [-0.1, -0.05) is 29.3 Å². The quantitative estimate of drug-likeness (QED) is 0.342. The Morgan fingerprint density at radius 3 is 2.44 bits per heavy atom. The number of benzene rings is 2. The van der Waals surface area contributed by atoms with Crippen molar-refractivity contribution in [3.63, 3.8) is 0 Å². The Hall–Kier alpha value is -2.38. The van der Waals surface area contributed by atoms with E-state index in [2.05, 4.69) is 20.5 Å². The van der Waals surface area contributed by atoms with E-state index in [1.807, 2.05) is 18.2 Å². The third-order valence-corrected chi connectivity index (χ3v) is 8.09. The first-order valence-electron chi connectivity index (χ1n) is 12.7. The van der Waals surface area contributed by atoms with Gasteiger partial charge < -0.3 is 20.6 Å². The van der Waals surface area contributed by atoms with Gasteiger partial charge in [0.2, 0.25) is 0 Å². The summed E-state index contributed by atoms with van der Waals surface area (Å²) < 4.78 is 0. The van der Waals surface area contributed by atoms with Crippen molar-refractivity contribution in [2.75, 3.05) is 38.0 Å². The van der Waals surface area contributed by atoms with Crippen molar-refractivity contribution in [2.45, 2.75) is 38.6 Å². The smallest absolute Gasteiger partial charge is 0.163 e. The normalized spacial score (nSPS) is 21.0. The van der Waals surface area contributed by atoms with E-state index in [9.17, 15) is 9.90 Å². The van der Waals surface area contributed by atoms with Gasteiger partial charge in [-0.15, -0.1) is 0 Å². The number of carbonyl (C=O) groups is 1. The molecule has 0 unspecified atom stereocenters. The van der Waals surface area contributed by atoms with Gasteiger partial charge in [-0.05, 0) is 73.9 Å². The van der Waals surface area contributed by atoms with E-state index >= 15 is 0 Å². The van der Waals surface area contributed by atoms with E-state index < -0.39 is 0 Å². The predicted molar refractivity (Wildman–Crippen MR) is 148 cm³/mol. The maximum atomic E-state index is 12.6. The number of carbonyl (C=O) groups excluding carboxylic acids is 1. The number of nitrogens with zero attached hydrogens (tertiary/aromatic N) is 2. The molecule has 0 bridgehead atoms. The highest BCUT2D eigenvalue weighted by Crippen LogP contribution is 2.38. The third-order valence-electron chi connectivity index (χ3n) is 7.52. The van der Waals surface area contributed by atoms with Crippen LogP contribution in [-0.2, 0) is 0 Å². The first-order chi connectivity index (χ1) is 17.4. The van der Waals surface area contributed by atoms with Crippen molar-refractivity contribution >= 4 is 45.6 Å². The van der Waals surface area contributed by atoms with Crippen molar-refractivity contribution in [1.29, 1.82) is 0 Å². The molecule has 3 N–H and O–H groups in total. The molecular formula is C28H32Cl2N4O2. The van der Waals surface area contributed by atoms with Crippen LogP contribution >= 0.6 is 23.2 Å². The molecule has 2 heterocycles. The maximum Gasteiger partial charge on any atom is 0.163 e. The molecule has 0 spiro atoms. The number of hydrogen-bond donors (Lipinski definition) is 3. The van der Waals surface area contributed by atoms with Crippen LogP contribution in [0.2, 0.25) is 10.0 Å². The van der Waals surface area contributed by atoms with Crippen molar-refractivity contribution < 1.29 is 9.90 Å². The van der Waals surface area contributed by atoms with Crippen molar-refractivity contribution in [3.05, 3.63) is 52.1 Å². The van der Waals surface area contributed by atoms with Gasteiger partial charge >= 0.3 is 0 Å². The topological polar surface area (TPSA) is 77.5 Å². The summed E-state index contributed by atoms with van der Waals surface area (Å²) in [4.78, 5) is 19.7. The molecular weight excluding hydrogens is 495 g/mol. The molecule has 0 radical (unpaired) electrons. The van der Waals surface area contributed by atoms with Crippen LogP contribution in [0.25, 0.3) is 22.0 Å². The van der Waals surface area contributed by atoms with E-state index in [0.29, 0.717) is 11.6 Å². The molecule has 8 heteroatoms. The predicted octanol–water partition coefficient (Wildman–Crippen LogP) is 5.99. The summed E-state index contributed by atoms with van der Waals surface area (Å²) in [7, 11) is 0. The van der Waals surface area contributed by atoms with Crippen LogP contribution in [0.3, 0.4) is 0 Å². The summed E-state index contributed by atoms with van der Waals surface area (Å²) in [6, 6.07) is 9.62. The number of fused-ring (bicyclic) bond motifs is 1. The highest BCUT2D eigenvalue weighted by Gasteiger charge is 2.25. The molecule has 0 atom stereocenters. The first kappa shape index (κ1) is 25.3. The Labute approximate surface area is 222 Å². The number of phenols is 1. The molecule has 3 aromatic rings. The number of piperazine rings is 1. The number of Topliss-reactive ketones (excluding diaryl/α,β-unsaturated/α-hetero) is 1. The molecule has 1 aromatic heterocycles. The molecule has 1 saturated carbocycles. The molecule has 1 aliphatic heterocycles. The van der Waals surface area contributed by atoms with Crippen molar-refractivity contribution in [2.24, 2.45) is 5.92 Å². The summed E-state index contributed by atoms with van der Waals surface area (Å²) in [5.41, 5.74) is 3.93. The Kier molecular flexibility index (Phi) is 7.68. The van der Waals surface area contributed by atoms with Crippen LogP contribution in [-0.4, -0.2) is 59.5 Å². The van der Waals surface area contributed by atoms with Crippen LogP contribution in [0.5, 0.6) is 5.75 Å². The number of anilines is 1. The summed E-state index contributed by atoms with van der Waals surface area (Å²) in [5.74, 6) is 0.594. The maximum absolute atomic E-state index is 12.6. The molecule has 0 amide bonds. The lowest BCUT2D eigenvalue weighted by Gasteiger charge is -2.35. The number of phenolic OH excluding ortho intramolecular Hbond substituents is 1. The minimum absolute atomic E-state index is 0.0135. The number of hydrogen-bond acceptors (Lipinski definition) is 6. The molecule has 6 nitrogen and oxygen atoms in total. The zero-order chi connectivity index (χ0) is 25.2. The van der Waals surface area contributed by atoms with Gasteiger partial charge in [-0.3, -0.25) is 9.78 Å². The molecule has 1 saturated heterocycles. The van der Waals surface area contributed by atoms with Crippen LogP contribution < -0.4 is 10.6 Å². The lowest BCUT2D eigenvalue weighted by molar-refractivity contribution is 0.101. The van der Waals surface area contributed by atoms with Crippen LogP contribution in [0.4, 0.5) is 5.69 Å². The van der Waals surface area contributed by atoms with Gasteiger partial charge in [0.05, 0.1) is 26.8 Å². The SMILES string of the molecule is CC(=O)c1cnc2ccc(-c3cc(Cl)c(O)c(Cl)c3)cc2c1N[C@H]1CC[C@H](CN2CCNCC2)CC1. The molecule has 2 aromatic carbocycles. The lowest BCUT2D eigenvalue weighted by Crippen LogP contribution is -2.45. The average Bonchev–Trinajstić information content (AvgIpc) is 2.88. The zero-order valence-electron chi connectivity index (χ0n) is 20.5. The summed E-state index contributed by atoms with van der Waals surface area (Å²) in [5, 5.41) is 18.4. The molecule has 36 heavy (non-hydrogen) atoms. The average molecular weight is 527 g/mol. The number of nitrogens with one attached hydrogen (secondary N) is 2.